The smallest absolute Gasteiger partial charge is 0.174 e. The third-order valence-electron chi connectivity index (χ3n) is 2.23. The van der Waals surface area contributed by atoms with Gasteiger partial charge in [-0.1, -0.05) is 12.1 Å². The van der Waals surface area contributed by atoms with Gasteiger partial charge in [0, 0.05) is 6.20 Å². The van der Waals surface area contributed by atoms with Crippen molar-refractivity contribution >= 4 is 11.5 Å². The Morgan fingerprint density at radius 3 is 2.59 bits per heavy atom. The van der Waals surface area contributed by atoms with Crippen molar-refractivity contribution in [1.29, 1.82) is 0 Å². The molecule has 0 fully saturated rings. The topological polar surface area (TPSA) is 78.1 Å². The van der Waals surface area contributed by atoms with Crippen molar-refractivity contribution in [2.24, 2.45) is 10.2 Å². The predicted molar refractivity (Wildman–Crippen MR) is 62.9 cm³/mol. The van der Waals surface area contributed by atoms with Crippen LogP contribution in [0.15, 0.2) is 46.8 Å². The van der Waals surface area contributed by atoms with Crippen LogP contribution in [-0.2, 0) is 0 Å². The number of rotatable bonds is 2. The summed E-state index contributed by atoms with van der Waals surface area (Å²) in [7, 11) is 0. The Bertz CT molecular complexity index is 553. The number of nitrogens with zero attached hydrogens (tertiary/aromatic N) is 3. The van der Waals surface area contributed by atoms with Crippen LogP contribution in [0.25, 0.3) is 0 Å². The summed E-state index contributed by atoms with van der Waals surface area (Å²) in [4.78, 5) is 3.95. The zero-order chi connectivity index (χ0) is 12.3. The van der Waals surface area contributed by atoms with E-state index < -0.39 is 0 Å². The van der Waals surface area contributed by atoms with Crippen molar-refractivity contribution in [3.8, 4) is 11.5 Å². The van der Waals surface area contributed by atoms with Gasteiger partial charge in [0.1, 0.15) is 11.5 Å². The Balaban J connectivity index is 2.37. The maximum absolute atomic E-state index is 9.72. The highest BCUT2D eigenvalue weighted by Gasteiger charge is 2.08. The normalized spacial score (nSPS) is 10.9. The maximum atomic E-state index is 9.72. The molecule has 0 amide bonds. The van der Waals surface area contributed by atoms with Crippen LogP contribution in [-0.4, -0.2) is 15.2 Å². The molecule has 1 aromatic heterocycles. The Morgan fingerprint density at radius 1 is 1.06 bits per heavy atom. The van der Waals surface area contributed by atoms with Gasteiger partial charge in [0.05, 0.1) is 0 Å². The number of hydrogen-bond donors (Lipinski definition) is 2. The van der Waals surface area contributed by atoms with Gasteiger partial charge in [0.25, 0.3) is 0 Å². The third kappa shape index (κ3) is 2.39. The average Bonchev–Trinajstić information content (AvgIpc) is 2.35. The molecule has 0 saturated heterocycles. The van der Waals surface area contributed by atoms with Crippen molar-refractivity contribution in [3.63, 3.8) is 0 Å². The second-order valence-corrected chi connectivity index (χ2v) is 3.49. The molecule has 5 nitrogen and oxygen atoms in total. The van der Waals surface area contributed by atoms with Gasteiger partial charge >= 0.3 is 0 Å². The molecule has 0 aliphatic rings. The standard InChI is InChI=1S/C12H11N3O2/c1-8-5-6-9(16)11(12(8)17)15-14-10-4-2-3-7-13-10/h2-7,16-17H,1H3. The van der Waals surface area contributed by atoms with Crippen LogP contribution >= 0.6 is 0 Å². The molecule has 0 radical (unpaired) electrons. The summed E-state index contributed by atoms with van der Waals surface area (Å²) in [6.45, 7) is 1.72. The molecule has 1 heterocycles. The summed E-state index contributed by atoms with van der Waals surface area (Å²) >= 11 is 0. The highest BCUT2D eigenvalue weighted by Crippen LogP contribution is 2.38. The fraction of sp³-hybridized carbons (Fsp3) is 0.0833. The molecule has 0 saturated carbocycles. The summed E-state index contributed by atoms with van der Waals surface area (Å²) in [6, 6.07) is 8.28. The molecule has 2 aromatic rings. The number of pyridine rings is 1. The molecule has 2 N–H and O–H groups in total. The van der Waals surface area contributed by atoms with Crippen LogP contribution in [0, 0.1) is 6.92 Å². The van der Waals surface area contributed by atoms with Gasteiger partial charge in [0.15, 0.2) is 11.5 Å². The highest BCUT2D eigenvalue weighted by molar-refractivity contribution is 5.63. The minimum Gasteiger partial charge on any atom is -0.505 e. The van der Waals surface area contributed by atoms with Crippen LogP contribution in [0.2, 0.25) is 0 Å². The first-order valence-corrected chi connectivity index (χ1v) is 5.03. The Kier molecular flexibility index (Phi) is 3.00. The van der Waals surface area contributed by atoms with Gasteiger partial charge in [0.2, 0.25) is 0 Å². The molecule has 0 atom stereocenters. The van der Waals surface area contributed by atoms with E-state index in [9.17, 15) is 10.2 Å². The molecule has 86 valence electrons. The minimum atomic E-state index is -0.118. The zero-order valence-corrected chi connectivity index (χ0v) is 9.20. The van der Waals surface area contributed by atoms with E-state index in [0.717, 1.165) is 0 Å². The second kappa shape index (κ2) is 4.61. The lowest BCUT2D eigenvalue weighted by atomic mass is 10.2. The number of azo groups is 1. The van der Waals surface area contributed by atoms with Gasteiger partial charge in [-0.05, 0) is 30.7 Å². The second-order valence-electron chi connectivity index (χ2n) is 3.49. The van der Waals surface area contributed by atoms with Gasteiger partial charge < -0.3 is 10.2 Å². The molecule has 2 rings (SSSR count). The monoisotopic (exact) mass is 229 g/mol. The molecule has 1 aromatic carbocycles. The van der Waals surface area contributed by atoms with Gasteiger partial charge in [-0.3, -0.25) is 0 Å². The first-order chi connectivity index (χ1) is 8.18. The lowest BCUT2D eigenvalue weighted by Gasteiger charge is -2.03. The molecule has 0 spiro atoms. The van der Waals surface area contributed by atoms with Crippen molar-refractivity contribution in [2.75, 3.05) is 0 Å². The van der Waals surface area contributed by atoms with Crippen molar-refractivity contribution < 1.29 is 10.2 Å². The highest BCUT2D eigenvalue weighted by atomic mass is 16.3. The molecule has 0 bridgehead atoms. The number of phenols is 2. The van der Waals surface area contributed by atoms with E-state index in [2.05, 4.69) is 15.2 Å². The lowest BCUT2D eigenvalue weighted by Crippen LogP contribution is -1.76. The molecule has 5 heteroatoms. The van der Waals surface area contributed by atoms with Crippen LogP contribution in [0.4, 0.5) is 11.5 Å². The molecule has 0 aliphatic carbocycles. The SMILES string of the molecule is Cc1ccc(O)c(N=Nc2ccccn2)c1O. The summed E-state index contributed by atoms with van der Waals surface area (Å²) < 4.78 is 0. The van der Waals surface area contributed by atoms with E-state index in [-0.39, 0.29) is 17.2 Å². The minimum absolute atomic E-state index is 0.0515. The van der Waals surface area contributed by atoms with E-state index in [0.29, 0.717) is 11.4 Å². The fourth-order valence-corrected chi connectivity index (χ4v) is 1.28. The molecule has 0 unspecified atom stereocenters. The number of benzene rings is 1. The Hall–Kier alpha value is -2.43. The van der Waals surface area contributed by atoms with E-state index in [1.165, 1.54) is 6.07 Å². The average molecular weight is 229 g/mol. The van der Waals surface area contributed by atoms with E-state index in [1.807, 2.05) is 0 Å². The van der Waals surface area contributed by atoms with E-state index in [4.69, 9.17) is 0 Å². The van der Waals surface area contributed by atoms with Crippen LogP contribution in [0.5, 0.6) is 11.5 Å². The molecule has 17 heavy (non-hydrogen) atoms. The Labute approximate surface area is 98.1 Å². The molecule has 0 aliphatic heterocycles. The van der Waals surface area contributed by atoms with Crippen molar-refractivity contribution in [3.05, 3.63) is 42.1 Å². The summed E-state index contributed by atoms with van der Waals surface area (Å²) in [5.74, 6) is 0.213. The fourth-order valence-electron chi connectivity index (χ4n) is 1.28. The number of aromatic hydroxyl groups is 2. The van der Waals surface area contributed by atoms with E-state index in [1.54, 1.807) is 37.4 Å². The predicted octanol–water partition coefficient (Wildman–Crippen LogP) is 3.22. The lowest BCUT2D eigenvalue weighted by molar-refractivity contribution is 0.450. The molecular formula is C12H11N3O2. The van der Waals surface area contributed by atoms with Gasteiger partial charge in [-0.2, -0.15) is 0 Å². The summed E-state index contributed by atoms with van der Waals surface area (Å²) in [5, 5.41) is 26.9. The number of phenolic OH excluding ortho intramolecular Hbond substituents is 2. The number of aromatic nitrogens is 1. The largest absolute Gasteiger partial charge is 0.505 e. The van der Waals surface area contributed by atoms with E-state index >= 15 is 0 Å². The first-order valence-electron chi connectivity index (χ1n) is 5.03. The number of aryl methyl sites for hydroxylation is 1. The van der Waals surface area contributed by atoms with Crippen LogP contribution in [0.1, 0.15) is 5.56 Å². The van der Waals surface area contributed by atoms with Gasteiger partial charge in [-0.15, -0.1) is 10.2 Å². The quantitative estimate of drug-likeness (QED) is 0.776. The van der Waals surface area contributed by atoms with Crippen molar-refractivity contribution in [2.45, 2.75) is 6.92 Å². The Morgan fingerprint density at radius 2 is 1.88 bits per heavy atom. The third-order valence-corrected chi connectivity index (χ3v) is 2.23. The summed E-state index contributed by atoms with van der Waals surface area (Å²) in [5.41, 5.74) is 0.674. The maximum Gasteiger partial charge on any atom is 0.174 e. The van der Waals surface area contributed by atoms with Crippen LogP contribution in [0.3, 0.4) is 0 Å². The summed E-state index contributed by atoms with van der Waals surface area (Å²) in [6.07, 6.45) is 1.59. The zero-order valence-electron chi connectivity index (χ0n) is 9.20. The molecular weight excluding hydrogens is 218 g/mol. The van der Waals surface area contributed by atoms with Gasteiger partial charge in [-0.25, -0.2) is 4.98 Å². The van der Waals surface area contributed by atoms with Crippen molar-refractivity contribution in [1.82, 2.24) is 4.98 Å². The first kappa shape index (κ1) is 11.1. The van der Waals surface area contributed by atoms with Crippen LogP contribution < -0.4 is 0 Å². The number of hydrogen-bond acceptors (Lipinski definition) is 5.